The first-order valence-electron chi connectivity index (χ1n) is 6.31. The van der Waals surface area contributed by atoms with Gasteiger partial charge in [0.25, 0.3) is 0 Å². The highest BCUT2D eigenvalue weighted by Gasteiger charge is 2.17. The van der Waals surface area contributed by atoms with Crippen LogP contribution < -0.4 is 5.32 Å². The van der Waals surface area contributed by atoms with Crippen LogP contribution in [0.5, 0.6) is 0 Å². The zero-order chi connectivity index (χ0) is 12.9. The topological polar surface area (TPSA) is 39.1 Å². The van der Waals surface area contributed by atoms with Gasteiger partial charge in [-0.05, 0) is 34.6 Å². The third-order valence-electron chi connectivity index (χ3n) is 2.69. The molecule has 0 radical (unpaired) electrons. The van der Waals surface area contributed by atoms with Gasteiger partial charge in [-0.1, -0.05) is 0 Å². The van der Waals surface area contributed by atoms with E-state index in [4.69, 9.17) is 4.74 Å². The zero-order valence-corrected chi connectivity index (χ0v) is 11.7. The summed E-state index contributed by atoms with van der Waals surface area (Å²) in [5.74, 6) is 0. The highest BCUT2D eigenvalue weighted by atomic mass is 16.5. The maximum Gasteiger partial charge on any atom is 0.0951 e. The van der Waals surface area contributed by atoms with E-state index in [1.165, 1.54) is 5.69 Å². The lowest BCUT2D eigenvalue weighted by atomic mass is 10.1. The number of imidazole rings is 1. The van der Waals surface area contributed by atoms with E-state index in [-0.39, 0.29) is 5.60 Å². The SMILES string of the molecule is CCOC(C)(C)CNCc1cncn1C(C)C. The van der Waals surface area contributed by atoms with Crippen molar-refractivity contribution in [3.63, 3.8) is 0 Å². The second-order valence-electron chi connectivity index (χ2n) is 5.18. The van der Waals surface area contributed by atoms with Gasteiger partial charge in [0.05, 0.1) is 17.6 Å². The molecule has 0 aliphatic rings. The van der Waals surface area contributed by atoms with Gasteiger partial charge in [0, 0.05) is 31.9 Å². The van der Waals surface area contributed by atoms with Crippen LogP contribution in [0.15, 0.2) is 12.5 Å². The molecular weight excluding hydrogens is 214 g/mol. The van der Waals surface area contributed by atoms with E-state index < -0.39 is 0 Å². The van der Waals surface area contributed by atoms with Crippen molar-refractivity contribution in [1.82, 2.24) is 14.9 Å². The molecule has 4 nitrogen and oxygen atoms in total. The fraction of sp³-hybridized carbons (Fsp3) is 0.769. The molecule has 4 heteroatoms. The fourth-order valence-corrected chi connectivity index (χ4v) is 1.87. The maximum atomic E-state index is 5.64. The number of aromatic nitrogens is 2. The minimum absolute atomic E-state index is 0.114. The summed E-state index contributed by atoms with van der Waals surface area (Å²) >= 11 is 0. The van der Waals surface area contributed by atoms with Crippen molar-refractivity contribution >= 4 is 0 Å². The maximum absolute atomic E-state index is 5.64. The monoisotopic (exact) mass is 239 g/mol. The lowest BCUT2D eigenvalue weighted by Gasteiger charge is -2.25. The molecule has 0 saturated carbocycles. The third kappa shape index (κ3) is 4.48. The van der Waals surface area contributed by atoms with Crippen LogP contribution in [-0.2, 0) is 11.3 Å². The predicted molar refractivity (Wildman–Crippen MR) is 70.0 cm³/mol. The Kier molecular flexibility index (Phi) is 5.15. The molecule has 1 aromatic heterocycles. The first-order chi connectivity index (χ1) is 7.96. The summed E-state index contributed by atoms with van der Waals surface area (Å²) in [6.07, 6.45) is 3.80. The molecule has 0 unspecified atom stereocenters. The first kappa shape index (κ1) is 14.2. The average Bonchev–Trinajstić information content (AvgIpc) is 2.65. The minimum Gasteiger partial charge on any atom is -0.375 e. The smallest absolute Gasteiger partial charge is 0.0951 e. The van der Waals surface area contributed by atoms with Crippen molar-refractivity contribution in [3.05, 3.63) is 18.2 Å². The molecule has 1 rings (SSSR count). The van der Waals surface area contributed by atoms with Gasteiger partial charge in [-0.25, -0.2) is 4.98 Å². The van der Waals surface area contributed by atoms with E-state index in [9.17, 15) is 0 Å². The normalized spacial score (nSPS) is 12.4. The van der Waals surface area contributed by atoms with Gasteiger partial charge < -0.3 is 14.6 Å². The molecule has 0 spiro atoms. The quantitative estimate of drug-likeness (QED) is 0.794. The molecule has 0 fully saturated rings. The van der Waals surface area contributed by atoms with E-state index in [0.29, 0.717) is 6.04 Å². The Morgan fingerprint density at radius 1 is 1.47 bits per heavy atom. The van der Waals surface area contributed by atoms with E-state index in [1.807, 2.05) is 19.4 Å². The molecule has 0 aliphatic heterocycles. The number of rotatable bonds is 7. The molecule has 0 atom stereocenters. The molecule has 0 amide bonds. The van der Waals surface area contributed by atoms with E-state index in [0.717, 1.165) is 19.7 Å². The van der Waals surface area contributed by atoms with Gasteiger partial charge in [0.1, 0.15) is 0 Å². The van der Waals surface area contributed by atoms with Crippen molar-refractivity contribution in [3.8, 4) is 0 Å². The Labute approximate surface area is 104 Å². The predicted octanol–water partition coefficient (Wildman–Crippen LogP) is 2.37. The van der Waals surface area contributed by atoms with Crippen molar-refractivity contribution < 1.29 is 4.74 Å². The molecule has 0 saturated heterocycles. The molecular formula is C13H25N3O. The van der Waals surface area contributed by atoms with Crippen LogP contribution in [0.2, 0.25) is 0 Å². The van der Waals surface area contributed by atoms with Crippen molar-refractivity contribution in [2.24, 2.45) is 0 Å². The largest absolute Gasteiger partial charge is 0.375 e. The van der Waals surface area contributed by atoms with Crippen LogP contribution in [0.25, 0.3) is 0 Å². The van der Waals surface area contributed by atoms with Crippen LogP contribution in [0.1, 0.15) is 46.4 Å². The summed E-state index contributed by atoms with van der Waals surface area (Å²) in [5, 5.41) is 3.42. The van der Waals surface area contributed by atoms with Gasteiger partial charge in [-0.15, -0.1) is 0 Å². The van der Waals surface area contributed by atoms with E-state index in [2.05, 4.69) is 42.6 Å². The molecule has 1 heterocycles. The highest BCUT2D eigenvalue weighted by molar-refractivity contribution is 4.99. The van der Waals surface area contributed by atoms with E-state index >= 15 is 0 Å². The van der Waals surface area contributed by atoms with Crippen LogP contribution in [0.3, 0.4) is 0 Å². The van der Waals surface area contributed by atoms with Crippen LogP contribution >= 0.6 is 0 Å². The highest BCUT2D eigenvalue weighted by Crippen LogP contribution is 2.10. The van der Waals surface area contributed by atoms with E-state index in [1.54, 1.807) is 0 Å². The third-order valence-corrected chi connectivity index (χ3v) is 2.69. The summed E-state index contributed by atoms with van der Waals surface area (Å²) < 4.78 is 7.82. The Morgan fingerprint density at radius 3 is 2.76 bits per heavy atom. The number of nitrogens with one attached hydrogen (secondary N) is 1. The molecule has 98 valence electrons. The van der Waals surface area contributed by atoms with Gasteiger partial charge in [-0.2, -0.15) is 0 Å². The first-order valence-corrected chi connectivity index (χ1v) is 6.31. The lowest BCUT2D eigenvalue weighted by molar-refractivity contribution is -0.00906. The second-order valence-corrected chi connectivity index (χ2v) is 5.18. The van der Waals surface area contributed by atoms with Gasteiger partial charge >= 0.3 is 0 Å². The molecule has 17 heavy (non-hydrogen) atoms. The summed E-state index contributed by atoms with van der Waals surface area (Å²) in [5.41, 5.74) is 1.10. The summed E-state index contributed by atoms with van der Waals surface area (Å²) in [6, 6.07) is 0.453. The number of hydrogen-bond acceptors (Lipinski definition) is 3. The minimum atomic E-state index is -0.114. The molecule has 0 aliphatic carbocycles. The van der Waals surface area contributed by atoms with Crippen molar-refractivity contribution in [1.29, 1.82) is 0 Å². The zero-order valence-electron chi connectivity index (χ0n) is 11.7. The molecule has 0 aromatic carbocycles. The Balaban J connectivity index is 2.43. The average molecular weight is 239 g/mol. The molecule has 1 N–H and O–H groups in total. The Hall–Kier alpha value is -0.870. The number of hydrogen-bond donors (Lipinski definition) is 1. The van der Waals surface area contributed by atoms with Crippen molar-refractivity contribution in [2.75, 3.05) is 13.2 Å². The Bertz CT molecular complexity index is 331. The van der Waals surface area contributed by atoms with Gasteiger partial charge in [-0.3, -0.25) is 0 Å². The Morgan fingerprint density at radius 2 is 2.18 bits per heavy atom. The summed E-state index contributed by atoms with van der Waals surface area (Å²) in [6.45, 7) is 13.0. The van der Waals surface area contributed by atoms with Crippen LogP contribution in [0, 0.1) is 0 Å². The number of ether oxygens (including phenoxy) is 1. The lowest BCUT2D eigenvalue weighted by Crippen LogP contribution is -2.37. The summed E-state index contributed by atoms with van der Waals surface area (Å²) in [7, 11) is 0. The van der Waals surface area contributed by atoms with Gasteiger partial charge in [0.2, 0.25) is 0 Å². The van der Waals surface area contributed by atoms with Gasteiger partial charge in [0.15, 0.2) is 0 Å². The fourth-order valence-electron chi connectivity index (χ4n) is 1.87. The standard InChI is InChI=1S/C13H25N3O/c1-6-17-13(4,5)9-14-7-12-8-15-10-16(12)11(2)3/h8,10-11,14H,6-7,9H2,1-5H3. The molecule has 1 aromatic rings. The summed E-state index contributed by atoms with van der Waals surface area (Å²) in [4.78, 5) is 4.19. The molecule has 0 bridgehead atoms. The number of nitrogens with zero attached hydrogens (tertiary/aromatic N) is 2. The van der Waals surface area contributed by atoms with Crippen molar-refractivity contribution in [2.45, 2.75) is 52.8 Å². The van der Waals surface area contributed by atoms with Crippen LogP contribution in [0.4, 0.5) is 0 Å². The van der Waals surface area contributed by atoms with Crippen LogP contribution in [-0.4, -0.2) is 28.3 Å². The second kappa shape index (κ2) is 6.17.